The van der Waals surface area contributed by atoms with Crippen molar-refractivity contribution in [1.29, 1.82) is 0 Å². The summed E-state index contributed by atoms with van der Waals surface area (Å²) in [6.45, 7) is 1.97. The van der Waals surface area contributed by atoms with Crippen LogP contribution < -0.4 is 16.4 Å². The maximum atomic E-state index is 12.5. The van der Waals surface area contributed by atoms with E-state index >= 15 is 0 Å². The van der Waals surface area contributed by atoms with Gasteiger partial charge in [-0.15, -0.1) is 12.4 Å². The van der Waals surface area contributed by atoms with Crippen LogP contribution in [0.3, 0.4) is 0 Å². The van der Waals surface area contributed by atoms with Crippen LogP contribution in [0.25, 0.3) is 0 Å². The van der Waals surface area contributed by atoms with Crippen molar-refractivity contribution in [2.75, 3.05) is 11.9 Å². The average molecular weight is 437 g/mol. The van der Waals surface area contributed by atoms with Crippen LogP contribution in [0.1, 0.15) is 48.5 Å². The number of anilines is 1. The van der Waals surface area contributed by atoms with Crippen molar-refractivity contribution in [2.24, 2.45) is 5.73 Å². The molecule has 1 aliphatic rings. The molecule has 0 atom stereocenters. The quantitative estimate of drug-likeness (QED) is 0.665. The fourth-order valence-electron chi connectivity index (χ4n) is 3.79. The van der Waals surface area contributed by atoms with Crippen molar-refractivity contribution in [2.45, 2.75) is 44.1 Å². The van der Waals surface area contributed by atoms with Gasteiger partial charge in [0.2, 0.25) is 5.91 Å². The SMILES string of the molecule is CC(=O)Nc1ccc(C(=O)N[C@H]2CC[C@](CN)(c3cccc(Cl)c3)CC2)cn1.Cl. The number of carbonyl (C=O) groups is 2. The molecule has 1 saturated carbocycles. The first-order valence-corrected chi connectivity index (χ1v) is 9.80. The van der Waals surface area contributed by atoms with Crippen LogP contribution in [-0.4, -0.2) is 29.4 Å². The van der Waals surface area contributed by atoms with Gasteiger partial charge >= 0.3 is 0 Å². The second-order valence-corrected chi connectivity index (χ2v) is 7.79. The van der Waals surface area contributed by atoms with Crippen molar-refractivity contribution >= 4 is 41.6 Å². The Hall–Kier alpha value is -2.15. The Labute approximate surface area is 182 Å². The van der Waals surface area contributed by atoms with Crippen molar-refractivity contribution in [3.8, 4) is 0 Å². The molecule has 1 aromatic carbocycles. The molecule has 6 nitrogen and oxygen atoms in total. The third kappa shape index (κ3) is 5.69. The summed E-state index contributed by atoms with van der Waals surface area (Å²) in [5.41, 5.74) is 7.69. The number of aromatic nitrogens is 1. The molecule has 1 aliphatic carbocycles. The van der Waals surface area contributed by atoms with E-state index < -0.39 is 0 Å². The fraction of sp³-hybridized carbons (Fsp3) is 0.381. The van der Waals surface area contributed by atoms with Gasteiger partial charge in [-0.25, -0.2) is 4.98 Å². The summed E-state index contributed by atoms with van der Waals surface area (Å²) in [7, 11) is 0. The first kappa shape index (κ1) is 23.1. The van der Waals surface area contributed by atoms with Crippen LogP contribution >= 0.6 is 24.0 Å². The Morgan fingerprint density at radius 2 is 1.97 bits per heavy atom. The Morgan fingerprint density at radius 1 is 1.24 bits per heavy atom. The number of nitrogens with one attached hydrogen (secondary N) is 2. The third-order valence-electron chi connectivity index (χ3n) is 5.44. The van der Waals surface area contributed by atoms with Crippen molar-refractivity contribution in [1.82, 2.24) is 10.3 Å². The minimum Gasteiger partial charge on any atom is -0.349 e. The summed E-state index contributed by atoms with van der Waals surface area (Å²) in [4.78, 5) is 27.7. The monoisotopic (exact) mass is 436 g/mol. The minimum absolute atomic E-state index is 0. The van der Waals surface area contributed by atoms with Gasteiger partial charge in [0.15, 0.2) is 0 Å². The van der Waals surface area contributed by atoms with E-state index in [-0.39, 0.29) is 35.7 Å². The smallest absolute Gasteiger partial charge is 0.253 e. The number of nitrogens with zero attached hydrogens (tertiary/aromatic N) is 1. The largest absolute Gasteiger partial charge is 0.349 e. The predicted molar refractivity (Wildman–Crippen MR) is 118 cm³/mol. The molecule has 29 heavy (non-hydrogen) atoms. The number of halogens is 2. The average Bonchev–Trinajstić information content (AvgIpc) is 2.69. The normalized spacial score (nSPS) is 21.0. The van der Waals surface area contributed by atoms with Crippen LogP contribution in [0.4, 0.5) is 5.82 Å². The van der Waals surface area contributed by atoms with E-state index in [0.29, 0.717) is 17.9 Å². The Balaban J connectivity index is 0.00000300. The number of hydrogen-bond acceptors (Lipinski definition) is 4. The fourth-order valence-corrected chi connectivity index (χ4v) is 3.99. The second-order valence-electron chi connectivity index (χ2n) is 7.36. The third-order valence-corrected chi connectivity index (χ3v) is 5.67. The van der Waals surface area contributed by atoms with Gasteiger partial charge in [-0.05, 0) is 55.5 Å². The molecule has 1 heterocycles. The van der Waals surface area contributed by atoms with Gasteiger partial charge in [-0.3, -0.25) is 9.59 Å². The molecular weight excluding hydrogens is 411 g/mol. The van der Waals surface area contributed by atoms with Gasteiger partial charge in [0.05, 0.1) is 5.56 Å². The van der Waals surface area contributed by atoms with E-state index in [1.165, 1.54) is 18.7 Å². The van der Waals surface area contributed by atoms with Gasteiger partial charge in [-0.1, -0.05) is 23.7 Å². The maximum absolute atomic E-state index is 12.5. The molecule has 0 bridgehead atoms. The molecule has 2 aromatic rings. The first-order valence-electron chi connectivity index (χ1n) is 9.42. The highest BCUT2D eigenvalue weighted by Crippen LogP contribution is 2.39. The molecule has 0 unspecified atom stereocenters. The van der Waals surface area contributed by atoms with Crippen LogP contribution in [0.2, 0.25) is 5.02 Å². The van der Waals surface area contributed by atoms with Gasteiger partial charge in [0.1, 0.15) is 5.82 Å². The lowest BCUT2D eigenvalue weighted by molar-refractivity contribution is -0.114. The lowest BCUT2D eigenvalue weighted by Crippen LogP contribution is -2.45. The summed E-state index contributed by atoms with van der Waals surface area (Å²) in [6.07, 6.45) is 4.97. The molecule has 1 aromatic heterocycles. The highest BCUT2D eigenvalue weighted by molar-refractivity contribution is 6.30. The van der Waals surface area contributed by atoms with Crippen molar-refractivity contribution < 1.29 is 9.59 Å². The zero-order valence-corrected chi connectivity index (χ0v) is 17.9. The molecule has 3 rings (SSSR count). The Kier molecular flexibility index (Phi) is 8.02. The number of hydrogen-bond donors (Lipinski definition) is 3. The molecule has 0 spiro atoms. The highest BCUT2D eigenvalue weighted by Gasteiger charge is 2.36. The number of pyridine rings is 1. The van der Waals surface area contributed by atoms with Gasteiger partial charge in [-0.2, -0.15) is 0 Å². The first-order chi connectivity index (χ1) is 13.4. The van der Waals surface area contributed by atoms with Crippen LogP contribution in [0.15, 0.2) is 42.6 Å². The second kappa shape index (κ2) is 10.1. The molecule has 4 N–H and O–H groups in total. The highest BCUT2D eigenvalue weighted by atomic mass is 35.5. The number of benzene rings is 1. The molecule has 0 saturated heterocycles. The zero-order chi connectivity index (χ0) is 20.1. The Bertz CT molecular complexity index is 850. The number of amides is 2. The van der Waals surface area contributed by atoms with E-state index in [0.717, 1.165) is 30.7 Å². The van der Waals surface area contributed by atoms with Gasteiger partial charge < -0.3 is 16.4 Å². The topological polar surface area (TPSA) is 97.1 Å². The summed E-state index contributed by atoms with van der Waals surface area (Å²) in [5.74, 6) is 0.0702. The summed E-state index contributed by atoms with van der Waals surface area (Å²) < 4.78 is 0. The van der Waals surface area contributed by atoms with Crippen molar-refractivity contribution in [3.63, 3.8) is 0 Å². The van der Waals surface area contributed by atoms with E-state index in [2.05, 4.69) is 21.7 Å². The number of carbonyl (C=O) groups excluding carboxylic acids is 2. The molecule has 0 aliphatic heterocycles. The number of rotatable bonds is 5. The van der Waals surface area contributed by atoms with Crippen LogP contribution in [-0.2, 0) is 10.2 Å². The zero-order valence-electron chi connectivity index (χ0n) is 16.3. The van der Waals surface area contributed by atoms with E-state index in [1.807, 2.05) is 18.2 Å². The van der Waals surface area contributed by atoms with E-state index in [1.54, 1.807) is 12.1 Å². The molecular formula is C21H26Cl2N4O2. The van der Waals surface area contributed by atoms with Crippen molar-refractivity contribution in [3.05, 3.63) is 58.7 Å². The summed E-state index contributed by atoms with van der Waals surface area (Å²) >= 11 is 6.16. The molecule has 2 amide bonds. The summed E-state index contributed by atoms with van der Waals surface area (Å²) in [6, 6.07) is 11.3. The molecule has 1 fully saturated rings. The summed E-state index contributed by atoms with van der Waals surface area (Å²) in [5, 5.41) is 6.39. The van der Waals surface area contributed by atoms with Gasteiger partial charge in [0.25, 0.3) is 5.91 Å². The Morgan fingerprint density at radius 3 is 2.52 bits per heavy atom. The number of nitrogens with two attached hydrogens (primary N) is 1. The molecule has 8 heteroatoms. The van der Waals surface area contributed by atoms with Crippen LogP contribution in [0.5, 0.6) is 0 Å². The predicted octanol–water partition coefficient (Wildman–Crippen LogP) is 3.68. The molecule has 0 radical (unpaired) electrons. The lowest BCUT2D eigenvalue weighted by Gasteiger charge is -2.40. The minimum atomic E-state index is -0.199. The standard InChI is InChI=1S/C21H25ClN4O2.ClH/c1-14(27)25-19-6-5-15(12-24-19)20(28)26-18-7-9-21(13-23,10-8-18)16-3-2-4-17(22)11-16;/h2-6,11-12,18H,7-10,13,23H2,1H3,(H,26,28)(H,24,25,27);1H/t18-,21-;. The lowest BCUT2D eigenvalue weighted by atomic mass is 9.68. The van der Waals surface area contributed by atoms with E-state index in [9.17, 15) is 9.59 Å². The van der Waals surface area contributed by atoms with Crippen LogP contribution in [0, 0.1) is 0 Å². The van der Waals surface area contributed by atoms with E-state index in [4.69, 9.17) is 17.3 Å². The molecule has 156 valence electrons. The van der Waals surface area contributed by atoms with Gasteiger partial charge in [0, 0.05) is 36.1 Å². The maximum Gasteiger partial charge on any atom is 0.253 e.